The van der Waals surface area contributed by atoms with Gasteiger partial charge in [0.15, 0.2) is 12.5 Å². The molecule has 0 spiro atoms. The molecule has 0 aliphatic rings. The summed E-state index contributed by atoms with van der Waals surface area (Å²) in [4.78, 5) is 12.1. The Bertz CT molecular complexity index is 157. The van der Waals surface area contributed by atoms with Gasteiger partial charge in [0.25, 0.3) is 0 Å². The third-order valence-corrected chi connectivity index (χ3v) is 1.10. The lowest BCUT2D eigenvalue weighted by atomic mass is 10.2. The fourth-order valence-corrected chi connectivity index (χ4v) is 0.471. The van der Waals surface area contributed by atoms with Gasteiger partial charge in [-0.1, -0.05) is 6.58 Å². The summed E-state index contributed by atoms with van der Waals surface area (Å²) in [6.07, 6.45) is 0. The molecule has 0 aromatic heterocycles. The molecule has 0 aromatic carbocycles. The highest BCUT2D eigenvalue weighted by Crippen LogP contribution is 1.88. The predicted octanol–water partition coefficient (Wildman–Crippen LogP) is -3.75. The van der Waals surface area contributed by atoms with Crippen LogP contribution in [0.25, 0.3) is 0 Å². The first-order chi connectivity index (χ1) is 5.04. The van der Waals surface area contributed by atoms with Crippen molar-refractivity contribution in [3.05, 3.63) is 12.2 Å². The van der Waals surface area contributed by atoms with Crippen LogP contribution in [0.3, 0.4) is 0 Å². The van der Waals surface area contributed by atoms with Crippen molar-refractivity contribution in [1.29, 1.82) is 0 Å². The zero-order chi connectivity index (χ0) is 8.85. The van der Waals surface area contributed by atoms with E-state index in [1.54, 1.807) is 6.92 Å². The topological polar surface area (TPSA) is 30.7 Å². The number of nitrogens with one attached hydrogen (secondary N) is 1. The van der Waals surface area contributed by atoms with Crippen LogP contribution in [-0.4, -0.2) is 33.2 Å². The summed E-state index contributed by atoms with van der Waals surface area (Å²) in [6, 6.07) is 0. The molecule has 0 saturated carbocycles. The minimum atomic E-state index is -0.0220. The van der Waals surface area contributed by atoms with Gasteiger partial charge < -0.3 is 26.6 Å². The molecule has 1 N–H and O–H groups in total. The summed E-state index contributed by atoms with van der Waals surface area (Å²) in [7, 11) is 3.93. The van der Waals surface area contributed by atoms with Crippen LogP contribution in [0.4, 0.5) is 0 Å². The molecule has 0 atom stereocenters. The monoisotopic (exact) mass is 237 g/mol. The Morgan fingerprint density at radius 1 is 1.50 bits per heavy atom. The average Bonchev–Trinajstić information content (AvgIpc) is 1.86. The van der Waals surface area contributed by atoms with Gasteiger partial charge >= 0.3 is 0 Å². The summed E-state index contributed by atoms with van der Waals surface area (Å²) in [5.41, 5.74) is 0.554. The van der Waals surface area contributed by atoms with Gasteiger partial charge in [0.2, 0.25) is 0 Å². The van der Waals surface area contributed by atoms with Gasteiger partial charge in [0, 0.05) is 0 Å². The normalized spacial score (nSPS) is 9.33. The van der Waals surface area contributed by atoms with Gasteiger partial charge in [0.1, 0.15) is 6.61 Å². The van der Waals surface area contributed by atoms with Crippen molar-refractivity contribution in [3.8, 4) is 0 Å². The van der Waals surface area contributed by atoms with Crippen molar-refractivity contribution in [2.75, 3.05) is 27.4 Å². The average molecular weight is 238 g/mol. The van der Waals surface area contributed by atoms with Gasteiger partial charge in [0.05, 0.1) is 14.1 Å². The zero-order valence-corrected chi connectivity index (χ0v) is 9.40. The van der Waals surface area contributed by atoms with Crippen LogP contribution in [-0.2, 0) is 9.53 Å². The summed E-state index contributed by atoms with van der Waals surface area (Å²) in [5, 5.41) is 0. The highest BCUT2D eigenvalue weighted by atomic mass is 79.9. The number of hydrogen-bond acceptors (Lipinski definition) is 2. The Labute approximate surface area is 84.2 Å². The molecule has 0 unspecified atom stereocenters. The molecule has 0 aliphatic heterocycles. The molecule has 0 aromatic rings. The maximum absolute atomic E-state index is 10.9. The third-order valence-electron chi connectivity index (χ3n) is 1.10. The summed E-state index contributed by atoms with van der Waals surface area (Å²) >= 11 is 0. The van der Waals surface area contributed by atoms with Crippen molar-refractivity contribution in [2.45, 2.75) is 6.92 Å². The summed E-state index contributed by atoms with van der Waals surface area (Å²) in [5.74, 6) is -0.0220. The second kappa shape index (κ2) is 7.46. The van der Waals surface area contributed by atoms with Crippen molar-refractivity contribution >= 4 is 5.78 Å². The van der Waals surface area contributed by atoms with E-state index in [0.29, 0.717) is 12.3 Å². The molecule has 0 rings (SSSR count). The first kappa shape index (κ1) is 14.3. The van der Waals surface area contributed by atoms with E-state index in [4.69, 9.17) is 4.74 Å². The maximum Gasteiger partial charge on any atom is 0.183 e. The molecule has 72 valence electrons. The van der Waals surface area contributed by atoms with E-state index in [1.807, 2.05) is 14.1 Å². The standard InChI is InChI=1S/C8H15NO2.BrH/c1-7(2)8(10)5-11-6-9(3)4;/h1,5-6H2,2-4H3;1H. The first-order valence-corrected chi connectivity index (χ1v) is 3.59. The number of rotatable bonds is 5. The maximum atomic E-state index is 10.9. The number of carbonyl (C=O) groups is 1. The van der Waals surface area contributed by atoms with Gasteiger partial charge in [-0.15, -0.1) is 0 Å². The van der Waals surface area contributed by atoms with Crippen molar-refractivity contribution in [1.82, 2.24) is 0 Å². The molecular formula is C8H16BrNO2. The molecule has 0 heterocycles. The fraction of sp³-hybridized carbons (Fsp3) is 0.625. The summed E-state index contributed by atoms with van der Waals surface area (Å²) < 4.78 is 5.07. The predicted molar refractivity (Wildman–Crippen MR) is 43.5 cm³/mol. The van der Waals surface area contributed by atoms with E-state index in [2.05, 4.69) is 6.58 Å². The molecular weight excluding hydrogens is 222 g/mol. The van der Waals surface area contributed by atoms with Gasteiger partial charge in [-0.3, -0.25) is 4.79 Å². The SMILES string of the molecule is C=C(C)C(=O)COC[NH+](C)C.[Br-]. The van der Waals surface area contributed by atoms with E-state index >= 15 is 0 Å². The van der Waals surface area contributed by atoms with E-state index in [-0.39, 0.29) is 29.4 Å². The van der Waals surface area contributed by atoms with E-state index in [1.165, 1.54) is 4.90 Å². The minimum Gasteiger partial charge on any atom is -1.00 e. The molecule has 0 saturated heterocycles. The van der Waals surface area contributed by atoms with E-state index in [9.17, 15) is 4.79 Å². The van der Waals surface area contributed by atoms with Gasteiger partial charge in [-0.05, 0) is 12.5 Å². The molecule has 0 radical (unpaired) electrons. The first-order valence-electron chi connectivity index (χ1n) is 3.59. The lowest BCUT2D eigenvalue weighted by molar-refractivity contribution is -0.879. The zero-order valence-electron chi connectivity index (χ0n) is 7.82. The Kier molecular flexibility index (Phi) is 8.91. The molecule has 0 bridgehead atoms. The molecule has 4 heteroatoms. The Morgan fingerprint density at radius 3 is 2.33 bits per heavy atom. The number of ether oxygens (including phenoxy) is 1. The lowest BCUT2D eigenvalue weighted by Gasteiger charge is -2.06. The second-order valence-corrected chi connectivity index (χ2v) is 2.90. The highest BCUT2D eigenvalue weighted by Gasteiger charge is 2.02. The van der Waals surface area contributed by atoms with Gasteiger partial charge in [-0.2, -0.15) is 0 Å². The van der Waals surface area contributed by atoms with Gasteiger partial charge in [-0.25, -0.2) is 0 Å². The molecule has 0 fully saturated rings. The van der Waals surface area contributed by atoms with Crippen LogP contribution in [0.1, 0.15) is 6.92 Å². The Morgan fingerprint density at radius 2 is 2.00 bits per heavy atom. The van der Waals surface area contributed by atoms with E-state index < -0.39 is 0 Å². The lowest BCUT2D eigenvalue weighted by Crippen LogP contribution is -3.06. The van der Waals surface area contributed by atoms with Crippen molar-refractivity contribution < 1.29 is 31.4 Å². The Balaban J connectivity index is 0. The number of quaternary nitrogens is 1. The summed E-state index contributed by atoms with van der Waals surface area (Å²) in [6.45, 7) is 5.91. The minimum absolute atomic E-state index is 0. The van der Waals surface area contributed by atoms with Crippen molar-refractivity contribution in [3.63, 3.8) is 0 Å². The number of hydrogen-bond donors (Lipinski definition) is 1. The molecule has 0 amide bonds. The largest absolute Gasteiger partial charge is 1.00 e. The second-order valence-electron chi connectivity index (χ2n) is 2.90. The smallest absolute Gasteiger partial charge is 0.183 e. The van der Waals surface area contributed by atoms with Crippen molar-refractivity contribution in [2.24, 2.45) is 0 Å². The third kappa shape index (κ3) is 7.91. The van der Waals surface area contributed by atoms with Crippen LogP contribution in [0, 0.1) is 0 Å². The van der Waals surface area contributed by atoms with Crippen LogP contribution >= 0.6 is 0 Å². The highest BCUT2D eigenvalue weighted by molar-refractivity contribution is 5.95. The Hall–Kier alpha value is -0.190. The van der Waals surface area contributed by atoms with Crippen LogP contribution in [0.2, 0.25) is 0 Å². The number of carbonyl (C=O) groups excluding carboxylic acids is 1. The van der Waals surface area contributed by atoms with Crippen LogP contribution in [0.15, 0.2) is 12.2 Å². The quantitative estimate of drug-likeness (QED) is 0.394. The van der Waals surface area contributed by atoms with Crippen LogP contribution in [0.5, 0.6) is 0 Å². The number of ketones is 1. The number of halogens is 1. The molecule has 0 aliphatic carbocycles. The van der Waals surface area contributed by atoms with E-state index in [0.717, 1.165) is 0 Å². The van der Waals surface area contributed by atoms with Crippen LogP contribution < -0.4 is 21.9 Å². The number of Topliss-reactive ketones (excluding diaryl/α,β-unsaturated/α-hetero) is 1. The molecule has 3 nitrogen and oxygen atoms in total. The molecule has 12 heavy (non-hydrogen) atoms. The fourth-order valence-electron chi connectivity index (χ4n) is 0.471.